The molecule has 3 aromatic rings. The molecule has 5 nitrogen and oxygen atoms in total. The molecule has 0 amide bonds. The van der Waals surface area contributed by atoms with Crippen LogP contribution < -0.4 is 5.56 Å². The molecule has 0 N–H and O–H groups in total. The number of benzene rings is 1. The maximum atomic E-state index is 12.7. The van der Waals surface area contributed by atoms with Gasteiger partial charge in [-0.25, -0.2) is 4.98 Å². The fourth-order valence-corrected chi connectivity index (χ4v) is 3.75. The Hall–Kier alpha value is -2.05. The minimum Gasteiger partial charge on any atom is -0.361 e. The summed E-state index contributed by atoms with van der Waals surface area (Å²) in [6, 6.07) is 5.10. The van der Waals surface area contributed by atoms with Crippen molar-refractivity contribution in [1.82, 2.24) is 14.7 Å². The van der Waals surface area contributed by atoms with E-state index in [0.29, 0.717) is 33.4 Å². The summed E-state index contributed by atoms with van der Waals surface area (Å²) < 4.78 is 6.80. The van der Waals surface area contributed by atoms with E-state index in [9.17, 15) is 4.79 Å². The number of fused-ring (bicyclic) bond motifs is 1. The van der Waals surface area contributed by atoms with Crippen molar-refractivity contribution in [2.24, 2.45) is 0 Å². The van der Waals surface area contributed by atoms with Crippen molar-refractivity contribution in [3.05, 3.63) is 63.2 Å². The number of allylic oxidation sites excluding steroid dienone is 1. The first-order valence-electron chi connectivity index (χ1n) is 7.36. The summed E-state index contributed by atoms with van der Waals surface area (Å²) >= 11 is 7.50. The molecule has 24 heavy (non-hydrogen) atoms. The molecular weight excluding hydrogens is 346 g/mol. The second-order valence-electron chi connectivity index (χ2n) is 5.35. The highest BCUT2D eigenvalue weighted by Gasteiger charge is 2.14. The third kappa shape index (κ3) is 3.12. The average Bonchev–Trinajstić information content (AvgIpc) is 2.87. The van der Waals surface area contributed by atoms with Gasteiger partial charge in [-0.15, -0.1) is 6.58 Å². The van der Waals surface area contributed by atoms with E-state index in [1.54, 1.807) is 28.8 Å². The Bertz CT molecular complexity index is 958. The molecule has 2 heterocycles. The quantitative estimate of drug-likeness (QED) is 0.388. The smallest absolute Gasteiger partial charge is 0.262 e. The number of halogens is 1. The van der Waals surface area contributed by atoms with Crippen LogP contribution in [0.25, 0.3) is 10.9 Å². The molecule has 0 radical (unpaired) electrons. The average molecular weight is 362 g/mol. The van der Waals surface area contributed by atoms with E-state index in [1.165, 1.54) is 11.8 Å². The number of nitrogens with zero attached hydrogens (tertiary/aromatic N) is 3. The van der Waals surface area contributed by atoms with Crippen LogP contribution in [0.1, 0.15) is 17.0 Å². The summed E-state index contributed by atoms with van der Waals surface area (Å²) in [5.41, 5.74) is 2.36. The molecule has 0 unspecified atom stereocenters. The number of aryl methyl sites for hydroxylation is 2. The van der Waals surface area contributed by atoms with Gasteiger partial charge in [-0.2, -0.15) is 0 Å². The molecule has 0 saturated carbocycles. The van der Waals surface area contributed by atoms with Crippen molar-refractivity contribution >= 4 is 34.3 Å². The van der Waals surface area contributed by atoms with Gasteiger partial charge in [0.25, 0.3) is 5.56 Å². The van der Waals surface area contributed by atoms with Crippen molar-refractivity contribution in [3.8, 4) is 0 Å². The SMILES string of the molecule is C=CCn1c(SCc2c(C)noc2C)nc2cc(Cl)ccc2c1=O. The van der Waals surface area contributed by atoms with Crippen LogP contribution >= 0.6 is 23.4 Å². The molecular formula is C17H16ClN3O2S. The molecule has 0 aliphatic carbocycles. The molecule has 1 aromatic carbocycles. The second kappa shape index (κ2) is 6.83. The highest BCUT2D eigenvalue weighted by atomic mass is 35.5. The zero-order chi connectivity index (χ0) is 17.3. The molecule has 0 atom stereocenters. The van der Waals surface area contributed by atoms with E-state index in [-0.39, 0.29) is 5.56 Å². The number of thioether (sulfide) groups is 1. The van der Waals surface area contributed by atoms with Gasteiger partial charge in [-0.05, 0) is 32.0 Å². The Morgan fingerprint density at radius 2 is 2.21 bits per heavy atom. The van der Waals surface area contributed by atoms with Gasteiger partial charge in [0.15, 0.2) is 5.16 Å². The summed E-state index contributed by atoms with van der Waals surface area (Å²) in [4.78, 5) is 17.4. The van der Waals surface area contributed by atoms with Crippen molar-refractivity contribution in [2.75, 3.05) is 0 Å². The predicted molar refractivity (Wildman–Crippen MR) is 96.7 cm³/mol. The molecule has 124 valence electrons. The molecule has 0 spiro atoms. The van der Waals surface area contributed by atoms with Gasteiger partial charge in [0.05, 0.1) is 16.6 Å². The third-order valence-corrected chi connectivity index (χ3v) is 4.96. The lowest BCUT2D eigenvalue weighted by Crippen LogP contribution is -2.22. The lowest BCUT2D eigenvalue weighted by Gasteiger charge is -2.11. The standard InChI is InChI=1S/C17H16ClN3O2S/c1-4-7-21-16(22)13-6-5-12(18)8-15(13)19-17(21)24-9-14-10(2)20-23-11(14)3/h4-6,8H,1,7,9H2,2-3H3. The van der Waals surface area contributed by atoms with Crippen LogP contribution in [0.15, 0.2) is 45.3 Å². The second-order valence-corrected chi connectivity index (χ2v) is 6.73. The van der Waals surface area contributed by atoms with Crippen LogP contribution in [-0.2, 0) is 12.3 Å². The number of hydrogen-bond acceptors (Lipinski definition) is 5. The zero-order valence-electron chi connectivity index (χ0n) is 13.4. The van der Waals surface area contributed by atoms with Crippen molar-refractivity contribution in [1.29, 1.82) is 0 Å². The Labute approximate surface area is 148 Å². The fraction of sp³-hybridized carbons (Fsp3) is 0.235. The molecule has 0 aliphatic rings. The molecule has 0 saturated heterocycles. The Kier molecular flexibility index (Phi) is 4.78. The maximum Gasteiger partial charge on any atom is 0.262 e. The minimum atomic E-state index is -0.0992. The summed E-state index contributed by atoms with van der Waals surface area (Å²) in [5, 5.41) is 5.67. The topological polar surface area (TPSA) is 60.9 Å². The molecule has 3 rings (SSSR count). The van der Waals surface area contributed by atoms with Gasteiger partial charge >= 0.3 is 0 Å². The van der Waals surface area contributed by atoms with E-state index in [1.807, 2.05) is 13.8 Å². The number of rotatable bonds is 5. The Morgan fingerprint density at radius 1 is 1.42 bits per heavy atom. The lowest BCUT2D eigenvalue weighted by atomic mass is 10.2. The first-order chi connectivity index (χ1) is 11.5. The van der Waals surface area contributed by atoms with Crippen LogP contribution in [0.5, 0.6) is 0 Å². The van der Waals surface area contributed by atoms with Crippen molar-refractivity contribution in [3.63, 3.8) is 0 Å². The van der Waals surface area contributed by atoms with Crippen LogP contribution in [-0.4, -0.2) is 14.7 Å². The minimum absolute atomic E-state index is 0.0992. The van der Waals surface area contributed by atoms with Crippen molar-refractivity contribution < 1.29 is 4.52 Å². The predicted octanol–water partition coefficient (Wildman–Crippen LogP) is 4.13. The van der Waals surface area contributed by atoms with Gasteiger partial charge in [-0.1, -0.05) is 34.6 Å². The first kappa shape index (κ1) is 16.8. The molecule has 7 heteroatoms. The zero-order valence-corrected chi connectivity index (χ0v) is 14.9. The number of hydrogen-bond donors (Lipinski definition) is 0. The summed E-state index contributed by atoms with van der Waals surface area (Å²) in [7, 11) is 0. The van der Waals surface area contributed by atoms with Crippen LogP contribution in [0.2, 0.25) is 5.02 Å². The summed E-state index contributed by atoms with van der Waals surface area (Å²) in [5.74, 6) is 1.40. The van der Waals surface area contributed by atoms with Gasteiger partial charge in [0.1, 0.15) is 5.76 Å². The van der Waals surface area contributed by atoms with Crippen LogP contribution in [0.3, 0.4) is 0 Å². The highest BCUT2D eigenvalue weighted by molar-refractivity contribution is 7.98. The monoisotopic (exact) mass is 361 g/mol. The maximum absolute atomic E-state index is 12.7. The Morgan fingerprint density at radius 3 is 2.88 bits per heavy atom. The highest BCUT2D eigenvalue weighted by Crippen LogP contribution is 2.26. The molecule has 2 aromatic heterocycles. The van der Waals surface area contributed by atoms with Crippen LogP contribution in [0.4, 0.5) is 0 Å². The van der Waals surface area contributed by atoms with Gasteiger partial charge in [-0.3, -0.25) is 9.36 Å². The van der Waals surface area contributed by atoms with Gasteiger partial charge in [0.2, 0.25) is 0 Å². The fourth-order valence-electron chi connectivity index (χ4n) is 2.42. The summed E-state index contributed by atoms with van der Waals surface area (Å²) in [6.07, 6.45) is 1.69. The first-order valence-corrected chi connectivity index (χ1v) is 8.73. The van der Waals surface area contributed by atoms with Gasteiger partial charge in [0, 0.05) is 22.9 Å². The van der Waals surface area contributed by atoms with Crippen LogP contribution in [0, 0.1) is 13.8 Å². The Balaban J connectivity index is 2.06. The largest absolute Gasteiger partial charge is 0.361 e. The molecule has 0 aliphatic heterocycles. The van der Waals surface area contributed by atoms with E-state index < -0.39 is 0 Å². The van der Waals surface area contributed by atoms with E-state index in [4.69, 9.17) is 16.1 Å². The van der Waals surface area contributed by atoms with Crippen molar-refractivity contribution in [2.45, 2.75) is 31.3 Å². The van der Waals surface area contributed by atoms with Gasteiger partial charge < -0.3 is 4.52 Å². The molecule has 0 bridgehead atoms. The van der Waals surface area contributed by atoms with E-state index in [0.717, 1.165) is 17.0 Å². The van der Waals surface area contributed by atoms with E-state index in [2.05, 4.69) is 16.7 Å². The summed E-state index contributed by atoms with van der Waals surface area (Å²) in [6.45, 7) is 7.90. The number of aromatic nitrogens is 3. The lowest BCUT2D eigenvalue weighted by molar-refractivity contribution is 0.392. The normalized spacial score (nSPS) is 11.1. The third-order valence-electron chi connectivity index (χ3n) is 3.72. The molecule has 0 fully saturated rings. The van der Waals surface area contributed by atoms with E-state index >= 15 is 0 Å².